The molecule has 3 aromatic carbocycles. The number of amides is 1. The summed E-state index contributed by atoms with van der Waals surface area (Å²) >= 11 is 5.94. The number of sulfone groups is 1. The van der Waals surface area contributed by atoms with Gasteiger partial charge >= 0.3 is 5.97 Å². The van der Waals surface area contributed by atoms with Crippen LogP contribution < -0.4 is 5.32 Å². The number of esters is 1. The number of carbonyl (C=O) groups excluding carboxylic acids is 2. The van der Waals surface area contributed by atoms with Crippen LogP contribution in [-0.2, 0) is 24.2 Å². The minimum atomic E-state index is -3.66. The van der Waals surface area contributed by atoms with Crippen LogP contribution in [0.2, 0.25) is 5.02 Å². The number of hydrogen-bond donors (Lipinski definition) is 1. The molecule has 0 heterocycles. The molecule has 0 bridgehead atoms. The number of anilines is 1. The smallest absolute Gasteiger partial charge is 0.307 e. The first kappa shape index (κ1) is 20.8. The van der Waals surface area contributed by atoms with Crippen LogP contribution in [0, 0.1) is 0 Å². The molecule has 0 aliphatic rings. The van der Waals surface area contributed by atoms with Crippen molar-refractivity contribution < 1.29 is 22.7 Å². The minimum absolute atomic E-state index is 0.139. The van der Waals surface area contributed by atoms with E-state index in [9.17, 15) is 18.0 Å². The van der Waals surface area contributed by atoms with Crippen molar-refractivity contribution in [1.29, 1.82) is 0 Å². The lowest BCUT2D eigenvalue weighted by molar-refractivity contribution is -0.146. The fourth-order valence-corrected chi connectivity index (χ4v) is 4.10. The lowest BCUT2D eigenvalue weighted by atomic mass is 10.1. The van der Waals surface area contributed by atoms with Gasteiger partial charge in [-0.2, -0.15) is 0 Å². The maximum absolute atomic E-state index is 12.5. The third kappa shape index (κ3) is 5.56. The lowest BCUT2D eigenvalue weighted by Crippen LogP contribution is -2.22. The fraction of sp³-hybridized carbons (Fsp3) is 0.143. The van der Waals surface area contributed by atoms with Gasteiger partial charge < -0.3 is 10.1 Å². The van der Waals surface area contributed by atoms with Gasteiger partial charge in [0.15, 0.2) is 16.4 Å². The summed E-state index contributed by atoms with van der Waals surface area (Å²) in [5.41, 5.74) is 0.397. The zero-order valence-electron chi connectivity index (χ0n) is 15.3. The molecule has 0 saturated heterocycles. The van der Waals surface area contributed by atoms with Crippen LogP contribution in [-0.4, -0.2) is 32.7 Å². The van der Waals surface area contributed by atoms with E-state index in [1.165, 1.54) is 6.07 Å². The number of hydrogen-bond acceptors (Lipinski definition) is 5. The SMILES string of the molecule is O=C(COC(=O)CCS(=O)(=O)c1ccc2ccccc2c1)Nc1ccccc1Cl. The number of nitrogens with one attached hydrogen (secondary N) is 1. The van der Waals surface area contributed by atoms with Gasteiger partial charge in [-0.1, -0.05) is 54.1 Å². The largest absolute Gasteiger partial charge is 0.456 e. The summed E-state index contributed by atoms with van der Waals surface area (Å²) in [5, 5.41) is 4.59. The highest BCUT2D eigenvalue weighted by Gasteiger charge is 2.18. The van der Waals surface area contributed by atoms with Crippen molar-refractivity contribution in [2.24, 2.45) is 0 Å². The summed E-state index contributed by atoms with van der Waals surface area (Å²) < 4.78 is 29.8. The first-order valence-electron chi connectivity index (χ1n) is 8.77. The minimum Gasteiger partial charge on any atom is -0.456 e. The van der Waals surface area contributed by atoms with E-state index in [0.29, 0.717) is 10.7 Å². The standard InChI is InChI=1S/C21H18ClNO5S/c22-18-7-3-4-8-19(18)23-20(24)14-28-21(25)11-12-29(26,27)17-10-9-15-5-1-2-6-16(15)13-17/h1-10,13H,11-12,14H2,(H,23,24). The number of carbonyl (C=O) groups is 2. The Morgan fingerprint density at radius 1 is 0.931 bits per heavy atom. The number of ether oxygens (including phenoxy) is 1. The van der Waals surface area contributed by atoms with Gasteiger partial charge in [-0.15, -0.1) is 0 Å². The van der Waals surface area contributed by atoms with Crippen molar-refractivity contribution in [2.45, 2.75) is 11.3 Å². The molecule has 3 rings (SSSR count). The molecule has 3 aromatic rings. The third-order valence-corrected chi connectivity index (χ3v) is 6.21. The number of halogens is 1. The second-order valence-corrected chi connectivity index (χ2v) is 8.78. The summed E-state index contributed by atoms with van der Waals surface area (Å²) in [6.45, 7) is -0.528. The second-order valence-electron chi connectivity index (χ2n) is 6.27. The van der Waals surface area contributed by atoms with Crippen LogP contribution in [0.1, 0.15) is 6.42 Å². The Kier molecular flexibility index (Phi) is 6.51. The van der Waals surface area contributed by atoms with E-state index in [1.807, 2.05) is 24.3 Å². The predicted molar refractivity (Wildman–Crippen MR) is 112 cm³/mol. The first-order valence-corrected chi connectivity index (χ1v) is 10.8. The quantitative estimate of drug-likeness (QED) is 0.574. The maximum atomic E-state index is 12.5. The first-order chi connectivity index (χ1) is 13.8. The van der Waals surface area contributed by atoms with Gasteiger partial charge in [-0.05, 0) is 35.0 Å². The molecule has 0 atom stereocenters. The molecule has 0 aromatic heterocycles. The van der Waals surface area contributed by atoms with Gasteiger partial charge in [0.1, 0.15) is 0 Å². The normalized spacial score (nSPS) is 11.2. The molecule has 150 valence electrons. The van der Waals surface area contributed by atoms with Gasteiger partial charge in [0.25, 0.3) is 5.91 Å². The van der Waals surface area contributed by atoms with E-state index in [4.69, 9.17) is 16.3 Å². The van der Waals surface area contributed by atoms with Crippen molar-refractivity contribution in [3.05, 3.63) is 71.8 Å². The van der Waals surface area contributed by atoms with Crippen LogP contribution in [0.15, 0.2) is 71.6 Å². The lowest BCUT2D eigenvalue weighted by Gasteiger charge is -2.08. The molecule has 0 fully saturated rings. The molecular formula is C21H18ClNO5S. The summed E-state index contributed by atoms with van der Waals surface area (Å²) in [6.07, 6.45) is -0.353. The van der Waals surface area contributed by atoms with E-state index >= 15 is 0 Å². The zero-order valence-corrected chi connectivity index (χ0v) is 16.9. The summed E-state index contributed by atoms with van der Waals surface area (Å²) in [7, 11) is -3.66. The molecule has 0 aliphatic heterocycles. The molecule has 29 heavy (non-hydrogen) atoms. The molecule has 0 spiro atoms. The zero-order chi connectivity index (χ0) is 20.9. The molecule has 0 unspecified atom stereocenters. The molecular weight excluding hydrogens is 414 g/mol. The van der Waals surface area contributed by atoms with Gasteiger partial charge in [0.2, 0.25) is 0 Å². The molecule has 0 saturated carbocycles. The molecule has 6 nitrogen and oxygen atoms in total. The van der Waals surface area contributed by atoms with Crippen molar-refractivity contribution >= 4 is 49.8 Å². The highest BCUT2D eigenvalue weighted by Crippen LogP contribution is 2.21. The maximum Gasteiger partial charge on any atom is 0.307 e. The summed E-state index contributed by atoms with van der Waals surface area (Å²) in [6, 6.07) is 18.8. The van der Waals surface area contributed by atoms with E-state index in [2.05, 4.69) is 5.32 Å². The van der Waals surface area contributed by atoms with Crippen molar-refractivity contribution in [3.8, 4) is 0 Å². The topological polar surface area (TPSA) is 89.5 Å². The second kappa shape index (κ2) is 9.07. The predicted octanol–water partition coefficient (Wildman–Crippen LogP) is 3.84. The molecule has 0 radical (unpaired) electrons. The van der Waals surface area contributed by atoms with Crippen LogP contribution in [0.25, 0.3) is 10.8 Å². The Morgan fingerprint density at radius 2 is 1.62 bits per heavy atom. The van der Waals surface area contributed by atoms with Crippen LogP contribution in [0.3, 0.4) is 0 Å². The third-order valence-electron chi connectivity index (χ3n) is 4.17. The Hall–Kier alpha value is -2.90. The van der Waals surface area contributed by atoms with E-state index in [1.54, 1.807) is 36.4 Å². The highest BCUT2D eigenvalue weighted by atomic mass is 35.5. The molecule has 8 heteroatoms. The van der Waals surface area contributed by atoms with Crippen molar-refractivity contribution in [3.63, 3.8) is 0 Å². The molecule has 1 amide bonds. The number of benzene rings is 3. The molecule has 0 aliphatic carbocycles. The van der Waals surface area contributed by atoms with Crippen LogP contribution in [0.5, 0.6) is 0 Å². The monoisotopic (exact) mass is 431 g/mol. The van der Waals surface area contributed by atoms with Gasteiger partial charge in [-0.3, -0.25) is 9.59 Å². The van der Waals surface area contributed by atoms with Crippen molar-refractivity contribution in [1.82, 2.24) is 0 Å². The Balaban J connectivity index is 1.52. The number of rotatable bonds is 7. The van der Waals surface area contributed by atoms with Crippen LogP contribution >= 0.6 is 11.6 Å². The van der Waals surface area contributed by atoms with Crippen molar-refractivity contribution in [2.75, 3.05) is 17.7 Å². The molecule has 1 N–H and O–H groups in total. The van der Waals surface area contributed by atoms with E-state index in [0.717, 1.165) is 10.8 Å². The van der Waals surface area contributed by atoms with Gasteiger partial charge in [0.05, 0.1) is 27.8 Å². The van der Waals surface area contributed by atoms with Gasteiger partial charge in [-0.25, -0.2) is 8.42 Å². The fourth-order valence-electron chi connectivity index (χ4n) is 2.66. The summed E-state index contributed by atoms with van der Waals surface area (Å²) in [5.74, 6) is -1.75. The Morgan fingerprint density at radius 3 is 2.38 bits per heavy atom. The average molecular weight is 432 g/mol. The summed E-state index contributed by atoms with van der Waals surface area (Å²) in [4.78, 5) is 23.9. The Bertz CT molecular complexity index is 1160. The van der Waals surface area contributed by atoms with Crippen LogP contribution in [0.4, 0.5) is 5.69 Å². The van der Waals surface area contributed by atoms with E-state index < -0.39 is 34.1 Å². The van der Waals surface area contributed by atoms with Gasteiger partial charge in [0, 0.05) is 0 Å². The highest BCUT2D eigenvalue weighted by molar-refractivity contribution is 7.91. The number of para-hydroxylation sites is 1. The average Bonchev–Trinajstić information content (AvgIpc) is 2.72. The number of fused-ring (bicyclic) bond motifs is 1. The Labute approximate surface area is 173 Å². The van der Waals surface area contributed by atoms with E-state index in [-0.39, 0.29) is 11.3 Å².